The molecule has 0 aliphatic carbocycles. The SMILES string of the molecule is CC(=O)c1nn(C(F)(F)F)cc1I. The third kappa shape index (κ3) is 2.20. The lowest BCUT2D eigenvalue weighted by Crippen LogP contribution is -2.17. The summed E-state index contributed by atoms with van der Waals surface area (Å²) >= 11 is 1.63. The van der Waals surface area contributed by atoms with Crippen LogP contribution in [-0.4, -0.2) is 15.6 Å². The summed E-state index contributed by atoms with van der Waals surface area (Å²) in [6.07, 6.45) is -3.79. The molecule has 1 rings (SSSR count). The molecule has 0 radical (unpaired) electrons. The van der Waals surface area contributed by atoms with Gasteiger partial charge in [-0.05, 0) is 22.6 Å². The van der Waals surface area contributed by atoms with E-state index in [2.05, 4.69) is 5.10 Å². The molecule has 0 aliphatic heterocycles. The van der Waals surface area contributed by atoms with Crippen molar-refractivity contribution in [2.75, 3.05) is 0 Å². The van der Waals surface area contributed by atoms with E-state index < -0.39 is 12.1 Å². The van der Waals surface area contributed by atoms with Crippen LogP contribution in [0.1, 0.15) is 17.4 Å². The van der Waals surface area contributed by atoms with E-state index in [1.807, 2.05) is 0 Å². The smallest absolute Gasteiger partial charge is 0.293 e. The second-order valence-electron chi connectivity index (χ2n) is 2.29. The van der Waals surface area contributed by atoms with Crippen molar-refractivity contribution >= 4 is 28.4 Å². The first-order chi connectivity index (χ1) is 5.82. The molecule has 13 heavy (non-hydrogen) atoms. The maximum atomic E-state index is 12.0. The lowest BCUT2D eigenvalue weighted by molar-refractivity contribution is -0.212. The third-order valence-corrected chi connectivity index (χ3v) is 2.05. The first kappa shape index (κ1) is 10.5. The van der Waals surface area contributed by atoms with Crippen LogP contribution < -0.4 is 0 Å². The molecule has 1 aromatic heterocycles. The molecule has 0 spiro atoms. The van der Waals surface area contributed by atoms with Crippen LogP contribution in [0.4, 0.5) is 13.2 Å². The minimum Gasteiger partial charge on any atom is -0.293 e. The van der Waals surface area contributed by atoms with Crippen LogP contribution >= 0.6 is 22.6 Å². The summed E-state index contributed by atoms with van der Waals surface area (Å²) in [6, 6.07) is 0. The number of rotatable bonds is 1. The zero-order chi connectivity index (χ0) is 10.2. The fourth-order valence-corrected chi connectivity index (χ4v) is 1.47. The molecule has 0 N–H and O–H groups in total. The minimum atomic E-state index is -4.56. The summed E-state index contributed by atoms with van der Waals surface area (Å²) in [4.78, 5) is 10.8. The predicted molar refractivity (Wildman–Crippen MR) is 46.2 cm³/mol. The normalized spacial score (nSPS) is 11.8. The van der Waals surface area contributed by atoms with Gasteiger partial charge in [0.15, 0.2) is 5.78 Å². The summed E-state index contributed by atoms with van der Waals surface area (Å²) in [6.45, 7) is 1.17. The molecular weight excluding hydrogens is 300 g/mol. The van der Waals surface area contributed by atoms with Crippen LogP contribution in [0.5, 0.6) is 0 Å². The van der Waals surface area contributed by atoms with Crippen LogP contribution in [-0.2, 0) is 6.30 Å². The van der Waals surface area contributed by atoms with E-state index in [9.17, 15) is 18.0 Å². The number of carbonyl (C=O) groups is 1. The molecule has 1 aromatic rings. The molecule has 0 atom stereocenters. The second-order valence-corrected chi connectivity index (χ2v) is 3.46. The van der Waals surface area contributed by atoms with Crippen molar-refractivity contribution in [3.05, 3.63) is 15.5 Å². The van der Waals surface area contributed by atoms with Crippen LogP contribution in [0.15, 0.2) is 6.20 Å². The van der Waals surface area contributed by atoms with E-state index >= 15 is 0 Å². The number of ketones is 1. The predicted octanol–water partition coefficient (Wildman–Crippen LogP) is 2.17. The summed E-state index contributed by atoms with van der Waals surface area (Å²) in [5.41, 5.74) is -0.155. The molecule has 0 bridgehead atoms. The molecule has 0 unspecified atom stereocenters. The largest absolute Gasteiger partial charge is 0.504 e. The van der Waals surface area contributed by atoms with E-state index in [4.69, 9.17) is 0 Å². The maximum Gasteiger partial charge on any atom is 0.504 e. The van der Waals surface area contributed by atoms with Crippen LogP contribution in [0.2, 0.25) is 0 Å². The Hall–Kier alpha value is -0.600. The van der Waals surface area contributed by atoms with E-state index in [0.29, 0.717) is 0 Å². The quantitative estimate of drug-likeness (QED) is 0.589. The highest BCUT2D eigenvalue weighted by atomic mass is 127. The van der Waals surface area contributed by atoms with Crippen LogP contribution in [0, 0.1) is 3.57 Å². The Bertz CT molecular complexity index is 344. The highest BCUT2D eigenvalue weighted by Crippen LogP contribution is 2.23. The van der Waals surface area contributed by atoms with Crippen molar-refractivity contribution in [1.82, 2.24) is 9.78 Å². The molecule has 1 heterocycles. The summed E-state index contributed by atoms with van der Waals surface area (Å²) in [7, 11) is 0. The van der Waals surface area contributed by atoms with Gasteiger partial charge in [-0.1, -0.05) is 0 Å². The molecular formula is C6H4F3IN2O. The molecule has 0 saturated heterocycles. The van der Waals surface area contributed by atoms with Crippen molar-refractivity contribution < 1.29 is 18.0 Å². The van der Waals surface area contributed by atoms with Gasteiger partial charge in [0.2, 0.25) is 0 Å². The Kier molecular flexibility index (Phi) is 2.64. The van der Waals surface area contributed by atoms with E-state index in [1.54, 1.807) is 22.6 Å². The van der Waals surface area contributed by atoms with Crippen molar-refractivity contribution in [3.8, 4) is 0 Å². The van der Waals surface area contributed by atoms with Crippen molar-refractivity contribution in [2.24, 2.45) is 0 Å². The Morgan fingerprint density at radius 2 is 2.15 bits per heavy atom. The molecule has 0 fully saturated rings. The number of hydrogen-bond acceptors (Lipinski definition) is 2. The Morgan fingerprint density at radius 3 is 2.38 bits per heavy atom. The number of halogens is 4. The monoisotopic (exact) mass is 304 g/mol. The molecule has 0 aromatic carbocycles. The average molecular weight is 304 g/mol. The van der Waals surface area contributed by atoms with Gasteiger partial charge < -0.3 is 0 Å². The van der Waals surface area contributed by atoms with E-state index in [-0.39, 0.29) is 13.9 Å². The van der Waals surface area contributed by atoms with Gasteiger partial charge in [0, 0.05) is 13.1 Å². The van der Waals surface area contributed by atoms with Gasteiger partial charge in [-0.15, -0.1) is 13.2 Å². The highest BCUT2D eigenvalue weighted by molar-refractivity contribution is 14.1. The fraction of sp³-hybridized carbons (Fsp3) is 0.333. The molecule has 7 heteroatoms. The molecule has 3 nitrogen and oxygen atoms in total. The zero-order valence-corrected chi connectivity index (χ0v) is 8.55. The minimum absolute atomic E-state index is 0.155. The van der Waals surface area contributed by atoms with Gasteiger partial charge in [-0.3, -0.25) is 4.79 Å². The van der Waals surface area contributed by atoms with Gasteiger partial charge in [-0.2, -0.15) is 9.78 Å². The number of hydrogen-bond donors (Lipinski definition) is 0. The Labute approximate surface area is 85.1 Å². The van der Waals surface area contributed by atoms with Crippen molar-refractivity contribution in [3.63, 3.8) is 0 Å². The first-order valence-corrected chi connectivity index (χ1v) is 4.23. The number of alkyl halides is 3. The molecule has 0 amide bonds. The standard InChI is InChI=1S/C6H4F3IN2O/c1-3(13)5-4(10)2-12(11-5)6(7,8)9/h2H,1H3. The fourth-order valence-electron chi connectivity index (χ4n) is 0.721. The molecule has 0 saturated carbocycles. The van der Waals surface area contributed by atoms with Gasteiger partial charge in [0.25, 0.3) is 0 Å². The highest BCUT2D eigenvalue weighted by Gasteiger charge is 2.33. The van der Waals surface area contributed by atoms with Crippen LogP contribution in [0.25, 0.3) is 0 Å². The van der Waals surface area contributed by atoms with Crippen LogP contribution in [0.3, 0.4) is 0 Å². The number of Topliss-reactive ketones (excluding diaryl/α,β-unsaturated/α-hetero) is 1. The lowest BCUT2D eigenvalue weighted by Gasteiger charge is -2.03. The van der Waals surface area contributed by atoms with Gasteiger partial charge in [-0.25, -0.2) is 0 Å². The average Bonchev–Trinajstić information content (AvgIpc) is 2.29. The Morgan fingerprint density at radius 1 is 1.62 bits per heavy atom. The summed E-state index contributed by atoms with van der Waals surface area (Å²) in [5, 5.41) is 3.12. The lowest BCUT2D eigenvalue weighted by atomic mass is 10.3. The van der Waals surface area contributed by atoms with E-state index in [0.717, 1.165) is 6.20 Å². The second kappa shape index (κ2) is 3.28. The first-order valence-electron chi connectivity index (χ1n) is 3.15. The topological polar surface area (TPSA) is 34.9 Å². The maximum absolute atomic E-state index is 12.0. The van der Waals surface area contributed by atoms with Gasteiger partial charge >= 0.3 is 6.30 Å². The van der Waals surface area contributed by atoms with Gasteiger partial charge in [0.05, 0.1) is 3.57 Å². The number of aromatic nitrogens is 2. The Balaban J connectivity index is 3.17. The summed E-state index contributed by atoms with van der Waals surface area (Å²) < 4.78 is 36.1. The molecule has 0 aliphatic rings. The number of carbonyl (C=O) groups excluding carboxylic acids is 1. The zero-order valence-electron chi connectivity index (χ0n) is 6.39. The number of nitrogens with zero attached hydrogens (tertiary/aromatic N) is 2. The summed E-state index contributed by atoms with van der Waals surface area (Å²) in [5.74, 6) is -0.479. The van der Waals surface area contributed by atoms with Gasteiger partial charge in [0.1, 0.15) is 5.69 Å². The van der Waals surface area contributed by atoms with Crippen molar-refractivity contribution in [1.29, 1.82) is 0 Å². The third-order valence-electron chi connectivity index (χ3n) is 1.26. The van der Waals surface area contributed by atoms with Crippen molar-refractivity contribution in [2.45, 2.75) is 13.2 Å². The molecule has 72 valence electrons. The van der Waals surface area contributed by atoms with E-state index in [1.165, 1.54) is 6.92 Å².